The second kappa shape index (κ2) is 6.36. The number of hydrogen-bond donors (Lipinski definition) is 3. The second-order valence-electron chi connectivity index (χ2n) is 5.24. The first-order valence-corrected chi connectivity index (χ1v) is 8.12. The van der Waals surface area contributed by atoms with E-state index < -0.39 is 15.9 Å². The number of carbonyl (C=O) groups is 1. The molecule has 1 atom stereocenters. The highest BCUT2D eigenvalue weighted by atomic mass is 32.2. The molecule has 7 nitrogen and oxygen atoms in total. The molecule has 8 heteroatoms. The second-order valence-corrected chi connectivity index (χ2v) is 6.74. The van der Waals surface area contributed by atoms with Gasteiger partial charge in [-0.05, 0) is 11.8 Å². The smallest absolute Gasteiger partial charge is 0.273 e. The van der Waals surface area contributed by atoms with Crippen molar-refractivity contribution in [2.75, 3.05) is 6.54 Å². The molecular formula is C12H22N4O3S. The Hall–Kier alpha value is -1.41. The van der Waals surface area contributed by atoms with Gasteiger partial charge in [-0.3, -0.25) is 9.89 Å². The lowest BCUT2D eigenvalue weighted by molar-refractivity contribution is 0.0939. The largest absolute Gasteiger partial charge is 0.350 e. The normalized spacial score (nSPS) is 13.5. The number of rotatable bonds is 6. The van der Waals surface area contributed by atoms with Gasteiger partial charge < -0.3 is 5.32 Å². The Kier molecular flexibility index (Phi) is 5.29. The van der Waals surface area contributed by atoms with E-state index in [0.717, 1.165) is 6.42 Å². The lowest BCUT2D eigenvalue weighted by atomic mass is 10.1. The van der Waals surface area contributed by atoms with Gasteiger partial charge in [0.1, 0.15) is 4.90 Å². The number of nitrogens with one attached hydrogen (secondary N) is 2. The third-order valence-corrected chi connectivity index (χ3v) is 4.12. The maximum atomic E-state index is 12.1. The number of nitrogens with two attached hydrogens (primary N) is 1. The van der Waals surface area contributed by atoms with Crippen LogP contribution in [0.15, 0.2) is 4.90 Å². The molecule has 0 radical (unpaired) electrons. The topological polar surface area (TPSA) is 118 Å². The SMILES string of the molecule is CCC(C)CNC(=O)c1n[nH]c(C(C)C)c1S(N)(=O)=O. The fourth-order valence-electron chi connectivity index (χ4n) is 1.67. The van der Waals surface area contributed by atoms with Gasteiger partial charge in [0.15, 0.2) is 5.69 Å². The molecule has 0 spiro atoms. The summed E-state index contributed by atoms with van der Waals surface area (Å²) >= 11 is 0. The van der Waals surface area contributed by atoms with E-state index in [1.165, 1.54) is 0 Å². The van der Waals surface area contributed by atoms with E-state index in [1.807, 2.05) is 13.8 Å². The van der Waals surface area contributed by atoms with Gasteiger partial charge in [0.2, 0.25) is 10.0 Å². The van der Waals surface area contributed by atoms with Crippen LogP contribution in [-0.4, -0.2) is 31.1 Å². The van der Waals surface area contributed by atoms with E-state index >= 15 is 0 Å². The first-order valence-electron chi connectivity index (χ1n) is 6.57. The van der Waals surface area contributed by atoms with Crippen molar-refractivity contribution in [3.8, 4) is 0 Å². The molecule has 0 saturated heterocycles. The molecule has 1 amide bonds. The first kappa shape index (κ1) is 16.6. The lowest BCUT2D eigenvalue weighted by Crippen LogP contribution is -2.30. The van der Waals surface area contributed by atoms with E-state index in [2.05, 4.69) is 15.5 Å². The Labute approximate surface area is 119 Å². The van der Waals surface area contributed by atoms with E-state index in [1.54, 1.807) is 13.8 Å². The van der Waals surface area contributed by atoms with Gasteiger partial charge in [-0.15, -0.1) is 0 Å². The minimum Gasteiger partial charge on any atom is -0.350 e. The molecule has 0 aromatic carbocycles. The molecular weight excluding hydrogens is 280 g/mol. The van der Waals surface area contributed by atoms with Crippen molar-refractivity contribution in [3.63, 3.8) is 0 Å². The maximum absolute atomic E-state index is 12.1. The molecule has 20 heavy (non-hydrogen) atoms. The van der Waals surface area contributed by atoms with Crippen LogP contribution < -0.4 is 10.5 Å². The fourth-order valence-corrected chi connectivity index (χ4v) is 2.67. The van der Waals surface area contributed by atoms with Crippen molar-refractivity contribution in [2.45, 2.75) is 44.9 Å². The van der Waals surface area contributed by atoms with E-state index in [-0.39, 0.29) is 16.5 Å². The van der Waals surface area contributed by atoms with Crippen molar-refractivity contribution in [2.24, 2.45) is 11.1 Å². The average molecular weight is 302 g/mol. The molecule has 0 bridgehead atoms. The van der Waals surface area contributed by atoms with Crippen LogP contribution in [0.3, 0.4) is 0 Å². The minimum atomic E-state index is -4.01. The van der Waals surface area contributed by atoms with Crippen LogP contribution in [0.2, 0.25) is 0 Å². The number of amides is 1. The van der Waals surface area contributed by atoms with Crippen molar-refractivity contribution in [3.05, 3.63) is 11.4 Å². The summed E-state index contributed by atoms with van der Waals surface area (Å²) < 4.78 is 23.4. The lowest BCUT2D eigenvalue weighted by Gasteiger charge is -2.10. The summed E-state index contributed by atoms with van der Waals surface area (Å²) in [4.78, 5) is 11.8. The Bertz CT molecular complexity index is 578. The number of aromatic amines is 1. The molecule has 1 rings (SSSR count). The number of H-pyrrole nitrogens is 1. The summed E-state index contributed by atoms with van der Waals surface area (Å²) in [5.41, 5.74) is 0.181. The fraction of sp³-hybridized carbons (Fsp3) is 0.667. The quantitative estimate of drug-likeness (QED) is 0.725. The molecule has 114 valence electrons. The standard InChI is InChI=1S/C12H22N4O3S/c1-5-8(4)6-14-12(17)10-11(20(13,18)19)9(7(2)3)15-16-10/h7-8H,5-6H2,1-4H3,(H,14,17)(H,15,16)(H2,13,18,19). The van der Waals surface area contributed by atoms with Gasteiger partial charge in [0, 0.05) is 6.54 Å². The molecule has 1 aromatic heterocycles. The van der Waals surface area contributed by atoms with E-state index in [4.69, 9.17) is 5.14 Å². The van der Waals surface area contributed by atoms with Gasteiger partial charge in [-0.25, -0.2) is 13.6 Å². The zero-order valence-corrected chi connectivity index (χ0v) is 13.0. The van der Waals surface area contributed by atoms with Crippen LogP contribution in [0.1, 0.15) is 56.2 Å². The van der Waals surface area contributed by atoms with E-state index in [0.29, 0.717) is 18.2 Å². The van der Waals surface area contributed by atoms with Crippen molar-refractivity contribution in [1.82, 2.24) is 15.5 Å². The highest BCUT2D eigenvalue weighted by Crippen LogP contribution is 2.23. The number of nitrogens with zero attached hydrogens (tertiary/aromatic N) is 1. The van der Waals surface area contributed by atoms with Gasteiger partial charge in [0.05, 0.1) is 5.69 Å². The van der Waals surface area contributed by atoms with Gasteiger partial charge in [-0.2, -0.15) is 5.10 Å². The van der Waals surface area contributed by atoms with Gasteiger partial charge in [0.25, 0.3) is 5.91 Å². The zero-order valence-electron chi connectivity index (χ0n) is 12.2. The predicted molar refractivity (Wildman–Crippen MR) is 75.8 cm³/mol. The number of hydrogen-bond acceptors (Lipinski definition) is 4. The molecule has 0 aliphatic rings. The summed E-state index contributed by atoms with van der Waals surface area (Å²) in [6.07, 6.45) is 0.917. The van der Waals surface area contributed by atoms with Crippen molar-refractivity contribution >= 4 is 15.9 Å². The molecule has 0 aliphatic carbocycles. The summed E-state index contributed by atoms with van der Waals surface area (Å²) in [5, 5.41) is 14.3. The monoisotopic (exact) mass is 302 g/mol. The van der Waals surface area contributed by atoms with Crippen molar-refractivity contribution in [1.29, 1.82) is 0 Å². The molecule has 0 aliphatic heterocycles. The molecule has 1 heterocycles. The molecule has 0 saturated carbocycles. The number of aromatic nitrogens is 2. The van der Waals surface area contributed by atoms with Crippen LogP contribution in [0.4, 0.5) is 0 Å². The van der Waals surface area contributed by atoms with E-state index in [9.17, 15) is 13.2 Å². The van der Waals surface area contributed by atoms with Crippen LogP contribution >= 0.6 is 0 Å². The zero-order chi connectivity index (χ0) is 15.5. The predicted octanol–water partition coefficient (Wildman–Crippen LogP) is 0.956. The third kappa shape index (κ3) is 3.80. The minimum absolute atomic E-state index is 0.132. The molecule has 4 N–H and O–H groups in total. The van der Waals surface area contributed by atoms with Gasteiger partial charge >= 0.3 is 0 Å². The average Bonchev–Trinajstić information content (AvgIpc) is 2.80. The Morgan fingerprint density at radius 2 is 2.00 bits per heavy atom. The molecule has 1 aromatic rings. The highest BCUT2D eigenvalue weighted by Gasteiger charge is 2.28. The number of carbonyl (C=O) groups excluding carboxylic acids is 1. The van der Waals surface area contributed by atoms with Crippen molar-refractivity contribution < 1.29 is 13.2 Å². The van der Waals surface area contributed by atoms with Crippen LogP contribution in [0.5, 0.6) is 0 Å². The molecule has 0 fully saturated rings. The summed E-state index contributed by atoms with van der Waals surface area (Å²) in [7, 11) is -4.01. The Morgan fingerprint density at radius 1 is 1.40 bits per heavy atom. The summed E-state index contributed by atoms with van der Waals surface area (Å²) in [5.74, 6) is -0.357. The van der Waals surface area contributed by atoms with Crippen LogP contribution in [0.25, 0.3) is 0 Å². The Morgan fingerprint density at radius 3 is 2.45 bits per heavy atom. The summed E-state index contributed by atoms with van der Waals surface area (Å²) in [6.45, 7) is 8.05. The Balaban J connectivity index is 3.10. The third-order valence-electron chi connectivity index (χ3n) is 3.13. The first-order chi connectivity index (χ1) is 9.18. The highest BCUT2D eigenvalue weighted by molar-refractivity contribution is 7.89. The maximum Gasteiger partial charge on any atom is 0.273 e. The number of sulfonamides is 1. The summed E-state index contributed by atoms with van der Waals surface area (Å²) in [6, 6.07) is 0. The number of primary sulfonamides is 1. The van der Waals surface area contributed by atoms with Crippen LogP contribution in [-0.2, 0) is 10.0 Å². The molecule has 1 unspecified atom stereocenters. The van der Waals surface area contributed by atoms with Gasteiger partial charge in [-0.1, -0.05) is 34.1 Å². The van der Waals surface area contributed by atoms with Crippen LogP contribution in [0, 0.1) is 5.92 Å².